The number of benzene rings is 2. The minimum Gasteiger partial charge on any atom is -0.349 e. The number of hydrogen-bond acceptors (Lipinski definition) is 4. The van der Waals surface area contributed by atoms with Crippen LogP contribution in [0.4, 0.5) is 0 Å². The minimum atomic E-state index is -0.273. The molecule has 0 aliphatic heterocycles. The van der Waals surface area contributed by atoms with Crippen LogP contribution < -0.4 is 10.9 Å². The summed E-state index contributed by atoms with van der Waals surface area (Å²) in [6, 6.07) is 12.1. The van der Waals surface area contributed by atoms with Crippen LogP contribution in [0.25, 0.3) is 10.9 Å². The van der Waals surface area contributed by atoms with Crippen molar-refractivity contribution in [3.63, 3.8) is 0 Å². The molecule has 0 bridgehead atoms. The van der Waals surface area contributed by atoms with Gasteiger partial charge < -0.3 is 5.32 Å². The molecule has 1 amide bonds. The quantitative estimate of drug-likeness (QED) is 0.411. The number of carbonyl (C=O) groups excluding carboxylic acids is 1. The van der Waals surface area contributed by atoms with E-state index in [1.54, 1.807) is 34.9 Å². The summed E-state index contributed by atoms with van der Waals surface area (Å²) in [5.74, 6) is -0.0428. The van der Waals surface area contributed by atoms with Gasteiger partial charge in [-0.3, -0.25) is 14.2 Å². The molecular weight excluding hydrogens is 429 g/mol. The fraction of sp³-hybridized carbons (Fsp3) is 0.286. The van der Waals surface area contributed by atoms with Gasteiger partial charge in [0.25, 0.3) is 5.56 Å². The van der Waals surface area contributed by atoms with Gasteiger partial charge in [-0.05, 0) is 50.6 Å². The number of nitrogens with one attached hydrogen (secondary N) is 1. The van der Waals surface area contributed by atoms with Crippen LogP contribution in [0.1, 0.15) is 38.4 Å². The van der Waals surface area contributed by atoms with Gasteiger partial charge in [0, 0.05) is 16.1 Å². The summed E-state index contributed by atoms with van der Waals surface area (Å²) in [5, 5.41) is 5.07. The zero-order chi connectivity index (χ0) is 21.1. The molecule has 1 atom stereocenters. The largest absolute Gasteiger partial charge is 0.349 e. The number of hydrogen-bond donors (Lipinski definition) is 1. The lowest BCUT2D eigenvalue weighted by Gasteiger charge is -2.18. The zero-order valence-corrected chi connectivity index (χ0v) is 18.6. The predicted molar refractivity (Wildman–Crippen MR) is 120 cm³/mol. The van der Waals surface area contributed by atoms with E-state index in [9.17, 15) is 9.59 Å². The molecule has 0 saturated carbocycles. The predicted octanol–water partition coefficient (Wildman–Crippen LogP) is 5.25. The maximum absolute atomic E-state index is 12.8. The molecule has 0 saturated heterocycles. The highest BCUT2D eigenvalue weighted by Gasteiger charge is 2.17. The normalized spacial score (nSPS) is 12.3. The standard InChI is InChI=1S/C21H21Cl2N3O2S/c1-12(2)26-20(28)16-6-4-5-7-18(16)25-21(26)29-11-19(27)24-13(3)15-9-8-14(22)10-17(15)23/h4-10,12-13H,11H2,1-3H3,(H,24,27). The number of nitrogens with zero attached hydrogens (tertiary/aromatic N) is 2. The molecule has 3 rings (SSSR count). The van der Waals surface area contributed by atoms with Crippen LogP contribution in [-0.4, -0.2) is 21.2 Å². The van der Waals surface area contributed by atoms with E-state index in [0.29, 0.717) is 26.1 Å². The van der Waals surface area contributed by atoms with Crippen LogP contribution in [0, 0.1) is 0 Å². The van der Waals surface area contributed by atoms with Crippen molar-refractivity contribution in [1.82, 2.24) is 14.9 Å². The Morgan fingerprint density at radius 1 is 1.17 bits per heavy atom. The first kappa shape index (κ1) is 21.7. The average Bonchev–Trinajstić information content (AvgIpc) is 2.66. The number of amides is 1. The Hall–Kier alpha value is -2.02. The van der Waals surface area contributed by atoms with E-state index in [1.165, 1.54) is 11.8 Å². The third-order valence-electron chi connectivity index (χ3n) is 4.43. The molecule has 29 heavy (non-hydrogen) atoms. The lowest BCUT2D eigenvalue weighted by molar-refractivity contribution is -0.119. The summed E-state index contributed by atoms with van der Waals surface area (Å²) >= 11 is 13.4. The molecule has 2 aromatic carbocycles. The number of halogens is 2. The van der Waals surface area contributed by atoms with E-state index in [0.717, 1.165) is 5.56 Å². The average molecular weight is 450 g/mol. The first-order valence-electron chi connectivity index (χ1n) is 9.16. The lowest BCUT2D eigenvalue weighted by atomic mass is 10.1. The second-order valence-corrected chi connectivity index (χ2v) is 8.71. The maximum Gasteiger partial charge on any atom is 0.262 e. The highest BCUT2D eigenvalue weighted by atomic mass is 35.5. The van der Waals surface area contributed by atoms with Crippen molar-refractivity contribution in [2.24, 2.45) is 0 Å². The Kier molecular flexibility index (Phi) is 6.88. The van der Waals surface area contributed by atoms with Crippen LogP contribution in [0.2, 0.25) is 10.0 Å². The molecular formula is C21H21Cl2N3O2S. The number of aromatic nitrogens is 2. The van der Waals surface area contributed by atoms with Crippen molar-refractivity contribution >= 4 is 51.8 Å². The van der Waals surface area contributed by atoms with E-state index in [2.05, 4.69) is 10.3 Å². The SMILES string of the molecule is CC(NC(=O)CSc1nc2ccccc2c(=O)n1C(C)C)c1ccc(Cl)cc1Cl. The van der Waals surface area contributed by atoms with Gasteiger partial charge in [0.2, 0.25) is 5.91 Å². The summed E-state index contributed by atoms with van der Waals surface area (Å²) in [4.78, 5) is 29.9. The summed E-state index contributed by atoms with van der Waals surface area (Å²) in [6.07, 6.45) is 0. The van der Waals surface area contributed by atoms with Crippen LogP contribution >= 0.6 is 35.0 Å². The Labute approximate surface area is 183 Å². The third-order valence-corrected chi connectivity index (χ3v) is 5.95. The molecule has 1 aromatic heterocycles. The monoisotopic (exact) mass is 449 g/mol. The molecule has 0 fully saturated rings. The number of thioether (sulfide) groups is 1. The molecule has 3 aromatic rings. The minimum absolute atomic E-state index is 0.0723. The van der Waals surface area contributed by atoms with Gasteiger partial charge in [0.1, 0.15) is 0 Å². The van der Waals surface area contributed by atoms with Crippen molar-refractivity contribution in [3.05, 3.63) is 68.4 Å². The summed E-state index contributed by atoms with van der Waals surface area (Å²) in [6.45, 7) is 5.70. The van der Waals surface area contributed by atoms with E-state index in [-0.39, 0.29) is 29.3 Å². The smallest absolute Gasteiger partial charge is 0.262 e. The molecule has 0 aliphatic carbocycles. The third kappa shape index (κ3) is 4.94. The molecule has 1 unspecified atom stereocenters. The fourth-order valence-corrected chi connectivity index (χ4v) is 4.54. The highest BCUT2D eigenvalue weighted by molar-refractivity contribution is 7.99. The van der Waals surface area contributed by atoms with Gasteiger partial charge >= 0.3 is 0 Å². The Morgan fingerprint density at radius 3 is 2.59 bits per heavy atom. The molecule has 1 heterocycles. The van der Waals surface area contributed by atoms with Crippen molar-refractivity contribution in [2.75, 3.05) is 5.75 Å². The van der Waals surface area contributed by atoms with E-state index >= 15 is 0 Å². The van der Waals surface area contributed by atoms with Gasteiger partial charge in [-0.15, -0.1) is 0 Å². The summed E-state index contributed by atoms with van der Waals surface area (Å²) < 4.78 is 1.62. The maximum atomic E-state index is 12.8. The number of rotatable bonds is 6. The van der Waals surface area contributed by atoms with E-state index in [1.807, 2.05) is 32.9 Å². The fourth-order valence-electron chi connectivity index (χ4n) is 3.03. The Bertz CT molecular complexity index is 1110. The number of carbonyl (C=O) groups is 1. The highest BCUT2D eigenvalue weighted by Crippen LogP contribution is 2.26. The van der Waals surface area contributed by atoms with Crippen LogP contribution in [0.5, 0.6) is 0 Å². The first-order valence-corrected chi connectivity index (χ1v) is 10.9. The van der Waals surface area contributed by atoms with Crippen LogP contribution in [-0.2, 0) is 4.79 Å². The van der Waals surface area contributed by atoms with Gasteiger partial charge in [-0.1, -0.05) is 53.2 Å². The molecule has 0 aliphatic rings. The molecule has 5 nitrogen and oxygen atoms in total. The zero-order valence-electron chi connectivity index (χ0n) is 16.3. The van der Waals surface area contributed by atoms with Crippen molar-refractivity contribution in [3.8, 4) is 0 Å². The number of fused-ring (bicyclic) bond motifs is 1. The second kappa shape index (κ2) is 9.20. The topological polar surface area (TPSA) is 64.0 Å². The van der Waals surface area contributed by atoms with Crippen LogP contribution in [0.15, 0.2) is 52.4 Å². The Morgan fingerprint density at radius 2 is 1.90 bits per heavy atom. The summed E-state index contributed by atoms with van der Waals surface area (Å²) in [5.41, 5.74) is 1.31. The van der Waals surface area contributed by atoms with Gasteiger partial charge in [-0.2, -0.15) is 0 Å². The molecule has 0 radical (unpaired) electrons. The van der Waals surface area contributed by atoms with Gasteiger partial charge in [-0.25, -0.2) is 4.98 Å². The van der Waals surface area contributed by atoms with E-state index < -0.39 is 0 Å². The number of para-hydroxylation sites is 1. The molecule has 1 N–H and O–H groups in total. The molecule has 8 heteroatoms. The van der Waals surface area contributed by atoms with Crippen molar-refractivity contribution < 1.29 is 4.79 Å². The van der Waals surface area contributed by atoms with Crippen molar-refractivity contribution in [2.45, 2.75) is 38.0 Å². The molecule has 152 valence electrons. The van der Waals surface area contributed by atoms with Gasteiger partial charge in [0.05, 0.1) is 22.7 Å². The summed E-state index contributed by atoms with van der Waals surface area (Å²) in [7, 11) is 0. The second-order valence-electron chi connectivity index (χ2n) is 6.92. The van der Waals surface area contributed by atoms with Gasteiger partial charge in [0.15, 0.2) is 5.16 Å². The lowest BCUT2D eigenvalue weighted by Crippen LogP contribution is -2.29. The van der Waals surface area contributed by atoms with Crippen LogP contribution in [0.3, 0.4) is 0 Å². The Balaban J connectivity index is 1.77. The van der Waals surface area contributed by atoms with Crippen molar-refractivity contribution in [1.29, 1.82) is 0 Å². The molecule has 0 spiro atoms. The van der Waals surface area contributed by atoms with E-state index in [4.69, 9.17) is 23.2 Å². The first-order chi connectivity index (χ1) is 13.8.